The van der Waals surface area contributed by atoms with E-state index in [0.717, 1.165) is 22.2 Å². The molecular formula is C17H21N3O3S. The molecule has 2 heterocycles. The van der Waals surface area contributed by atoms with E-state index in [9.17, 15) is 4.79 Å². The van der Waals surface area contributed by atoms with Gasteiger partial charge in [-0.05, 0) is 24.3 Å². The fourth-order valence-corrected chi connectivity index (χ4v) is 3.37. The summed E-state index contributed by atoms with van der Waals surface area (Å²) in [4.78, 5) is 16.8. The van der Waals surface area contributed by atoms with E-state index in [2.05, 4.69) is 10.3 Å². The second-order valence-electron chi connectivity index (χ2n) is 5.67. The first kappa shape index (κ1) is 16.7. The molecule has 0 radical (unpaired) electrons. The summed E-state index contributed by atoms with van der Waals surface area (Å²) in [5, 5.41) is 3.92. The molecule has 3 rings (SSSR count). The molecule has 1 N–H and O–H groups in total. The van der Waals surface area contributed by atoms with E-state index in [0.29, 0.717) is 25.3 Å². The third-order valence-corrected chi connectivity index (χ3v) is 4.96. The van der Waals surface area contributed by atoms with Crippen LogP contribution in [0.25, 0.3) is 0 Å². The van der Waals surface area contributed by atoms with Crippen molar-refractivity contribution in [3.8, 4) is 11.5 Å². The Hall–Kier alpha value is -2.15. The molecule has 1 atom stereocenters. The first-order valence-electron chi connectivity index (χ1n) is 7.75. The van der Waals surface area contributed by atoms with E-state index < -0.39 is 0 Å². The van der Waals surface area contributed by atoms with Crippen molar-refractivity contribution >= 4 is 17.7 Å². The van der Waals surface area contributed by atoms with Crippen molar-refractivity contribution in [3.05, 3.63) is 35.7 Å². The lowest BCUT2D eigenvalue weighted by Crippen LogP contribution is -2.37. The fraction of sp³-hybridized carbons (Fsp3) is 0.412. The Labute approximate surface area is 145 Å². The number of rotatable bonds is 5. The monoisotopic (exact) mass is 347 g/mol. The van der Waals surface area contributed by atoms with Crippen molar-refractivity contribution in [2.24, 2.45) is 13.0 Å². The molecular weight excluding hydrogens is 326 g/mol. The summed E-state index contributed by atoms with van der Waals surface area (Å²) >= 11 is 1.58. The summed E-state index contributed by atoms with van der Waals surface area (Å²) in [7, 11) is 3.57. The Morgan fingerprint density at radius 3 is 3.08 bits per heavy atom. The highest BCUT2D eigenvalue weighted by Crippen LogP contribution is 2.36. The van der Waals surface area contributed by atoms with Gasteiger partial charge in [0.25, 0.3) is 0 Å². The number of imidazole rings is 1. The van der Waals surface area contributed by atoms with Gasteiger partial charge in [0.1, 0.15) is 6.61 Å². The number of hydrogen-bond donors (Lipinski definition) is 1. The number of amides is 1. The van der Waals surface area contributed by atoms with Crippen LogP contribution in [0.2, 0.25) is 0 Å². The quantitative estimate of drug-likeness (QED) is 0.838. The van der Waals surface area contributed by atoms with Crippen LogP contribution >= 0.6 is 11.8 Å². The first-order valence-corrected chi connectivity index (χ1v) is 8.97. The number of carbonyl (C=O) groups is 1. The predicted octanol–water partition coefficient (Wildman–Crippen LogP) is 2.02. The number of hydrogen-bond acceptors (Lipinski definition) is 5. The lowest BCUT2D eigenvalue weighted by Gasteiger charge is -2.25. The molecule has 0 spiro atoms. The highest BCUT2D eigenvalue weighted by Gasteiger charge is 2.27. The summed E-state index contributed by atoms with van der Waals surface area (Å²) in [5.74, 6) is 1.26. The fourth-order valence-electron chi connectivity index (χ4n) is 2.82. The number of fused-ring (bicyclic) bond motifs is 1. The van der Waals surface area contributed by atoms with Crippen LogP contribution in [0.4, 0.5) is 0 Å². The summed E-state index contributed by atoms with van der Waals surface area (Å²) in [6.07, 6.45) is 4.43. The highest BCUT2D eigenvalue weighted by molar-refractivity contribution is 7.98. The van der Waals surface area contributed by atoms with Crippen molar-refractivity contribution < 1.29 is 14.3 Å². The molecule has 24 heavy (non-hydrogen) atoms. The van der Waals surface area contributed by atoms with Gasteiger partial charge in [0, 0.05) is 7.05 Å². The number of benzene rings is 1. The van der Waals surface area contributed by atoms with Gasteiger partial charge in [0.05, 0.1) is 31.5 Å². The SMILES string of the molecule is COc1cccc2c1OC[C@H](C(=O)NCc1cnc(SC)n1C)C2. The molecule has 6 nitrogen and oxygen atoms in total. The van der Waals surface area contributed by atoms with Gasteiger partial charge in [-0.1, -0.05) is 23.9 Å². The zero-order valence-electron chi connectivity index (χ0n) is 14.0. The maximum atomic E-state index is 12.5. The Morgan fingerprint density at radius 2 is 2.38 bits per heavy atom. The number of aromatic nitrogens is 2. The molecule has 0 saturated carbocycles. The van der Waals surface area contributed by atoms with E-state index in [-0.39, 0.29) is 11.8 Å². The largest absolute Gasteiger partial charge is 0.493 e. The average Bonchev–Trinajstić information content (AvgIpc) is 2.98. The Kier molecular flexibility index (Phi) is 4.99. The topological polar surface area (TPSA) is 65.4 Å². The highest BCUT2D eigenvalue weighted by atomic mass is 32.2. The van der Waals surface area contributed by atoms with Crippen LogP contribution in [0, 0.1) is 5.92 Å². The molecule has 0 aliphatic carbocycles. The van der Waals surface area contributed by atoms with Gasteiger partial charge in [-0.15, -0.1) is 0 Å². The van der Waals surface area contributed by atoms with E-state index in [4.69, 9.17) is 9.47 Å². The summed E-state index contributed by atoms with van der Waals surface area (Å²) < 4.78 is 13.1. The molecule has 1 aliphatic heterocycles. The molecule has 1 aromatic carbocycles. The van der Waals surface area contributed by atoms with Gasteiger partial charge in [-0.3, -0.25) is 4.79 Å². The number of thioether (sulfide) groups is 1. The second-order valence-corrected chi connectivity index (χ2v) is 6.45. The lowest BCUT2D eigenvalue weighted by atomic mass is 9.95. The standard InChI is InChI=1S/C17H21N3O3S/c1-20-13(9-19-17(20)24-3)8-18-16(21)12-7-11-5-4-6-14(22-2)15(11)23-10-12/h4-6,9,12H,7-8,10H2,1-3H3,(H,18,21)/t12-/m1/s1. The van der Waals surface area contributed by atoms with E-state index in [1.807, 2.05) is 36.1 Å². The Morgan fingerprint density at radius 1 is 1.54 bits per heavy atom. The molecule has 1 amide bonds. The summed E-state index contributed by atoms with van der Waals surface area (Å²) in [6, 6.07) is 5.76. The molecule has 0 fully saturated rings. The van der Waals surface area contributed by atoms with Gasteiger partial charge in [0.15, 0.2) is 16.7 Å². The zero-order chi connectivity index (χ0) is 17.1. The van der Waals surface area contributed by atoms with Gasteiger partial charge < -0.3 is 19.4 Å². The zero-order valence-corrected chi connectivity index (χ0v) is 14.9. The molecule has 0 unspecified atom stereocenters. The lowest BCUT2D eigenvalue weighted by molar-refractivity contribution is -0.126. The summed E-state index contributed by atoms with van der Waals surface area (Å²) in [5.41, 5.74) is 1.98. The third kappa shape index (κ3) is 3.21. The molecule has 0 saturated heterocycles. The van der Waals surface area contributed by atoms with Crippen LogP contribution in [0.3, 0.4) is 0 Å². The maximum absolute atomic E-state index is 12.5. The normalized spacial score (nSPS) is 16.2. The van der Waals surface area contributed by atoms with Gasteiger partial charge in [-0.2, -0.15) is 0 Å². The van der Waals surface area contributed by atoms with E-state index >= 15 is 0 Å². The van der Waals surface area contributed by atoms with Crippen LogP contribution in [0.1, 0.15) is 11.3 Å². The van der Waals surface area contributed by atoms with Crippen molar-refractivity contribution in [2.45, 2.75) is 18.1 Å². The number of nitrogens with zero attached hydrogens (tertiary/aromatic N) is 2. The van der Waals surface area contributed by atoms with Crippen molar-refractivity contribution in [1.82, 2.24) is 14.9 Å². The summed E-state index contributed by atoms with van der Waals surface area (Å²) in [6.45, 7) is 0.824. The Bertz CT molecular complexity index is 745. The van der Waals surface area contributed by atoms with Crippen molar-refractivity contribution in [2.75, 3.05) is 20.0 Å². The van der Waals surface area contributed by atoms with Crippen molar-refractivity contribution in [1.29, 1.82) is 0 Å². The number of ether oxygens (including phenoxy) is 2. The van der Waals surface area contributed by atoms with E-state index in [1.54, 1.807) is 25.1 Å². The minimum atomic E-state index is -0.196. The number of nitrogens with one attached hydrogen (secondary N) is 1. The van der Waals surface area contributed by atoms with Crippen LogP contribution in [-0.2, 0) is 24.8 Å². The van der Waals surface area contributed by atoms with Gasteiger partial charge in [-0.25, -0.2) is 4.98 Å². The van der Waals surface area contributed by atoms with Crippen molar-refractivity contribution in [3.63, 3.8) is 0 Å². The molecule has 1 aromatic heterocycles. The van der Waals surface area contributed by atoms with E-state index in [1.165, 1.54) is 0 Å². The number of para-hydroxylation sites is 1. The minimum absolute atomic E-state index is 0.00429. The Balaban J connectivity index is 1.63. The average molecular weight is 347 g/mol. The van der Waals surface area contributed by atoms with Gasteiger partial charge in [0.2, 0.25) is 5.91 Å². The number of methoxy groups -OCH3 is 1. The van der Waals surface area contributed by atoms with Crippen LogP contribution < -0.4 is 14.8 Å². The molecule has 0 bridgehead atoms. The molecule has 1 aliphatic rings. The third-order valence-electron chi connectivity index (χ3n) is 4.21. The van der Waals surface area contributed by atoms with Crippen LogP contribution in [0.15, 0.2) is 29.6 Å². The molecule has 2 aromatic rings. The molecule has 7 heteroatoms. The predicted molar refractivity (Wildman–Crippen MR) is 92.5 cm³/mol. The maximum Gasteiger partial charge on any atom is 0.227 e. The number of carbonyl (C=O) groups excluding carboxylic acids is 1. The first-order chi connectivity index (χ1) is 11.6. The minimum Gasteiger partial charge on any atom is -0.493 e. The van der Waals surface area contributed by atoms with Crippen LogP contribution in [-0.4, -0.2) is 35.4 Å². The second kappa shape index (κ2) is 7.17. The smallest absolute Gasteiger partial charge is 0.227 e. The van der Waals surface area contributed by atoms with Gasteiger partial charge >= 0.3 is 0 Å². The van der Waals surface area contributed by atoms with Crippen LogP contribution in [0.5, 0.6) is 11.5 Å². The molecule has 128 valence electrons.